The largest absolute Gasteiger partial charge is 0.573 e. The number of hydrogen-bond acceptors (Lipinski definition) is 4. The van der Waals surface area contributed by atoms with E-state index in [9.17, 15) is 18.0 Å². The summed E-state index contributed by atoms with van der Waals surface area (Å²) in [5.74, 6) is -0.228. The Hall–Kier alpha value is -3.36. The lowest BCUT2D eigenvalue weighted by Gasteiger charge is -2.13. The number of alkyl halides is 3. The Labute approximate surface area is 146 Å². The number of aromatic nitrogens is 3. The van der Waals surface area contributed by atoms with E-state index in [1.165, 1.54) is 24.4 Å². The average Bonchev–Trinajstić information content (AvgIpc) is 3.14. The molecule has 0 bridgehead atoms. The van der Waals surface area contributed by atoms with E-state index in [2.05, 4.69) is 20.0 Å². The average molecular weight is 362 g/mol. The van der Waals surface area contributed by atoms with Crippen molar-refractivity contribution in [2.75, 3.05) is 0 Å². The molecule has 0 aliphatic rings. The van der Waals surface area contributed by atoms with Gasteiger partial charge >= 0.3 is 6.36 Å². The highest BCUT2D eigenvalue weighted by molar-refractivity contribution is 5.93. The van der Waals surface area contributed by atoms with Crippen LogP contribution in [0.2, 0.25) is 0 Å². The van der Waals surface area contributed by atoms with Crippen molar-refractivity contribution >= 4 is 5.91 Å². The number of para-hydroxylation sites is 1. The number of rotatable bonds is 5. The molecule has 0 spiro atoms. The normalized spacial score (nSPS) is 11.2. The number of amides is 1. The molecule has 1 amide bonds. The van der Waals surface area contributed by atoms with Crippen molar-refractivity contribution in [3.05, 3.63) is 72.4 Å². The number of benzene rings is 1. The number of nitrogens with one attached hydrogen (secondary N) is 1. The van der Waals surface area contributed by atoms with Gasteiger partial charge in [-0.1, -0.05) is 18.2 Å². The highest BCUT2D eigenvalue weighted by atomic mass is 19.4. The second-order valence-corrected chi connectivity index (χ2v) is 5.21. The standard InChI is InChI=1S/C17H13F3N4O2/c18-17(19,20)26-14-4-2-1-3-12(14)9-23-16(25)13-5-6-15(22-10-13)24-8-7-21-11-24/h1-8,10-11H,9H2,(H,23,25). The number of imidazole rings is 1. The van der Waals surface area contributed by atoms with Gasteiger partial charge in [-0.15, -0.1) is 13.2 Å². The first-order valence-electron chi connectivity index (χ1n) is 7.48. The lowest BCUT2D eigenvalue weighted by Crippen LogP contribution is -2.24. The molecule has 0 saturated carbocycles. The molecule has 1 N–H and O–H groups in total. The Morgan fingerprint density at radius 1 is 1.19 bits per heavy atom. The summed E-state index contributed by atoms with van der Waals surface area (Å²) in [6.45, 7) is -0.117. The van der Waals surface area contributed by atoms with Gasteiger partial charge in [0.15, 0.2) is 0 Å². The Bertz CT molecular complexity index is 878. The van der Waals surface area contributed by atoms with Gasteiger partial charge in [0.2, 0.25) is 0 Å². The number of ether oxygens (including phenoxy) is 1. The Morgan fingerprint density at radius 2 is 2.00 bits per heavy atom. The van der Waals surface area contributed by atoms with Gasteiger partial charge in [0.1, 0.15) is 17.9 Å². The van der Waals surface area contributed by atoms with Gasteiger partial charge < -0.3 is 10.1 Å². The molecule has 2 heterocycles. The molecule has 0 fully saturated rings. The number of carbonyl (C=O) groups excluding carboxylic acids is 1. The predicted octanol–water partition coefficient (Wildman–Crippen LogP) is 3.10. The molecule has 0 unspecified atom stereocenters. The highest BCUT2D eigenvalue weighted by Crippen LogP contribution is 2.26. The second kappa shape index (κ2) is 7.26. The van der Waals surface area contributed by atoms with Crippen LogP contribution in [-0.4, -0.2) is 26.8 Å². The summed E-state index contributed by atoms with van der Waals surface area (Å²) in [5.41, 5.74) is 0.490. The smallest absolute Gasteiger partial charge is 0.405 e. The minimum atomic E-state index is -4.80. The Morgan fingerprint density at radius 3 is 2.65 bits per heavy atom. The summed E-state index contributed by atoms with van der Waals surface area (Å²) in [7, 11) is 0. The second-order valence-electron chi connectivity index (χ2n) is 5.21. The van der Waals surface area contributed by atoms with Crippen LogP contribution in [0, 0.1) is 0 Å². The maximum atomic E-state index is 12.4. The number of hydrogen-bond donors (Lipinski definition) is 1. The summed E-state index contributed by atoms with van der Waals surface area (Å²) in [4.78, 5) is 20.2. The van der Waals surface area contributed by atoms with Gasteiger partial charge in [-0.25, -0.2) is 9.97 Å². The van der Waals surface area contributed by atoms with Crippen molar-refractivity contribution in [1.82, 2.24) is 19.9 Å². The van der Waals surface area contributed by atoms with Gasteiger partial charge in [-0.3, -0.25) is 9.36 Å². The zero-order valence-electron chi connectivity index (χ0n) is 13.3. The number of nitrogens with zero attached hydrogens (tertiary/aromatic N) is 3. The van der Waals surface area contributed by atoms with E-state index >= 15 is 0 Å². The molecule has 1 aromatic carbocycles. The van der Waals surface area contributed by atoms with Crippen LogP contribution in [0.5, 0.6) is 5.75 Å². The fraction of sp³-hybridized carbons (Fsp3) is 0.118. The minimum absolute atomic E-state index is 0.117. The number of carbonyl (C=O) groups is 1. The van der Waals surface area contributed by atoms with E-state index in [4.69, 9.17) is 0 Å². The summed E-state index contributed by atoms with van der Waals surface area (Å²) in [6.07, 6.45) is 1.46. The molecular weight excluding hydrogens is 349 g/mol. The molecule has 6 nitrogen and oxygen atoms in total. The van der Waals surface area contributed by atoms with Gasteiger partial charge in [-0.05, 0) is 18.2 Å². The van der Waals surface area contributed by atoms with Crippen molar-refractivity contribution in [1.29, 1.82) is 0 Å². The quantitative estimate of drug-likeness (QED) is 0.757. The minimum Gasteiger partial charge on any atom is -0.405 e. The van der Waals surface area contributed by atoms with Crippen LogP contribution in [0.3, 0.4) is 0 Å². The maximum Gasteiger partial charge on any atom is 0.573 e. The van der Waals surface area contributed by atoms with Crippen LogP contribution >= 0.6 is 0 Å². The van der Waals surface area contributed by atoms with Crippen LogP contribution in [0.1, 0.15) is 15.9 Å². The van der Waals surface area contributed by atoms with Crippen LogP contribution in [-0.2, 0) is 6.54 Å². The fourth-order valence-electron chi connectivity index (χ4n) is 2.22. The van der Waals surface area contributed by atoms with Crippen molar-refractivity contribution in [2.24, 2.45) is 0 Å². The van der Waals surface area contributed by atoms with E-state index in [1.54, 1.807) is 41.5 Å². The van der Waals surface area contributed by atoms with Crippen molar-refractivity contribution in [3.8, 4) is 11.6 Å². The van der Waals surface area contributed by atoms with Crippen molar-refractivity contribution in [2.45, 2.75) is 12.9 Å². The lowest BCUT2D eigenvalue weighted by atomic mass is 10.2. The Balaban J connectivity index is 1.66. The molecule has 9 heteroatoms. The molecule has 3 aromatic rings. The van der Waals surface area contributed by atoms with Crippen molar-refractivity contribution in [3.63, 3.8) is 0 Å². The predicted molar refractivity (Wildman–Crippen MR) is 85.7 cm³/mol. The molecule has 3 rings (SSSR count). The van der Waals surface area contributed by atoms with Gasteiger partial charge in [-0.2, -0.15) is 0 Å². The summed E-state index contributed by atoms with van der Waals surface area (Å²) in [6, 6.07) is 8.82. The van der Waals surface area contributed by atoms with Gasteiger partial charge in [0, 0.05) is 30.7 Å². The molecule has 0 radical (unpaired) electrons. The van der Waals surface area contributed by atoms with E-state index < -0.39 is 12.3 Å². The molecular formula is C17H13F3N4O2. The van der Waals surface area contributed by atoms with Crippen molar-refractivity contribution < 1.29 is 22.7 Å². The zero-order chi connectivity index (χ0) is 18.6. The zero-order valence-corrected chi connectivity index (χ0v) is 13.3. The third-order valence-corrected chi connectivity index (χ3v) is 3.42. The van der Waals surface area contributed by atoms with Gasteiger partial charge in [0.25, 0.3) is 5.91 Å². The summed E-state index contributed by atoms with van der Waals surface area (Å²) in [5, 5.41) is 2.55. The first kappa shape index (κ1) is 17.5. The van der Waals surface area contributed by atoms with Crippen LogP contribution in [0.25, 0.3) is 5.82 Å². The van der Waals surface area contributed by atoms with Gasteiger partial charge in [0.05, 0.1) is 5.56 Å². The molecule has 26 heavy (non-hydrogen) atoms. The number of halogens is 3. The van der Waals surface area contributed by atoms with E-state index in [0.717, 1.165) is 0 Å². The summed E-state index contributed by atoms with van der Waals surface area (Å²) < 4.78 is 42.9. The van der Waals surface area contributed by atoms with Crippen LogP contribution < -0.4 is 10.1 Å². The third-order valence-electron chi connectivity index (χ3n) is 3.42. The van der Waals surface area contributed by atoms with Crippen LogP contribution in [0.4, 0.5) is 13.2 Å². The fourth-order valence-corrected chi connectivity index (χ4v) is 2.22. The SMILES string of the molecule is O=C(NCc1ccccc1OC(F)(F)F)c1ccc(-n2ccnc2)nc1. The van der Waals surface area contributed by atoms with E-state index in [1.807, 2.05) is 0 Å². The first-order valence-corrected chi connectivity index (χ1v) is 7.48. The molecule has 0 saturated heterocycles. The molecule has 2 aromatic heterocycles. The Kier molecular flexibility index (Phi) is 4.87. The molecule has 134 valence electrons. The maximum absolute atomic E-state index is 12.4. The monoisotopic (exact) mass is 362 g/mol. The van der Waals surface area contributed by atoms with E-state index in [-0.39, 0.29) is 23.4 Å². The first-order chi connectivity index (χ1) is 12.4. The third kappa shape index (κ3) is 4.38. The van der Waals surface area contributed by atoms with E-state index in [0.29, 0.717) is 5.82 Å². The topological polar surface area (TPSA) is 69.0 Å². The van der Waals surface area contributed by atoms with Crippen LogP contribution in [0.15, 0.2) is 61.3 Å². The molecule has 0 aliphatic carbocycles. The summed E-state index contributed by atoms with van der Waals surface area (Å²) >= 11 is 0. The molecule has 0 atom stereocenters. The lowest BCUT2D eigenvalue weighted by molar-refractivity contribution is -0.274. The number of pyridine rings is 1. The highest BCUT2D eigenvalue weighted by Gasteiger charge is 2.31. The molecule has 0 aliphatic heterocycles.